The Bertz CT molecular complexity index is 661. The van der Waals surface area contributed by atoms with Crippen molar-refractivity contribution in [3.05, 3.63) is 53.6 Å². The van der Waals surface area contributed by atoms with E-state index in [4.69, 9.17) is 14.2 Å². The summed E-state index contributed by atoms with van der Waals surface area (Å²) in [5, 5.41) is 0. The average molecular weight is 285 g/mol. The Balaban J connectivity index is 1.90. The molecule has 4 heteroatoms. The number of hydrogen-bond acceptors (Lipinski definition) is 3. The highest BCUT2D eigenvalue weighted by atomic mass is 16.5. The van der Waals surface area contributed by atoms with Crippen molar-refractivity contribution in [3.8, 4) is 17.2 Å². The molecular weight excluding hydrogens is 268 g/mol. The van der Waals surface area contributed by atoms with Gasteiger partial charge < -0.3 is 14.2 Å². The van der Waals surface area contributed by atoms with Crippen molar-refractivity contribution in [1.29, 1.82) is 0 Å². The number of methoxy groups -OCH3 is 2. The van der Waals surface area contributed by atoms with Crippen molar-refractivity contribution in [2.75, 3.05) is 20.8 Å². The van der Waals surface area contributed by atoms with Crippen LogP contribution < -0.4 is 14.2 Å². The Kier molecular flexibility index (Phi) is 3.52. The summed E-state index contributed by atoms with van der Waals surface area (Å²) in [4.78, 5) is 10.5. The second kappa shape index (κ2) is 5.48. The zero-order chi connectivity index (χ0) is 14.8. The summed E-state index contributed by atoms with van der Waals surface area (Å²) in [7, 11) is 3.24. The van der Waals surface area contributed by atoms with Crippen molar-refractivity contribution in [2.45, 2.75) is 5.92 Å². The predicted molar refractivity (Wildman–Crippen MR) is 80.3 cm³/mol. The van der Waals surface area contributed by atoms with E-state index in [1.54, 1.807) is 20.3 Å². The van der Waals surface area contributed by atoms with Gasteiger partial charge in [0.25, 0.3) is 0 Å². The molecule has 0 saturated carbocycles. The van der Waals surface area contributed by atoms with Gasteiger partial charge in [-0.2, -0.15) is 0 Å². The highest BCUT2D eigenvalue weighted by molar-refractivity contribution is 6.05. The molecule has 0 saturated heterocycles. The Morgan fingerprint density at radius 1 is 1.00 bits per heavy atom. The van der Waals surface area contributed by atoms with Gasteiger partial charge in [-0.1, -0.05) is 12.1 Å². The van der Waals surface area contributed by atoms with Gasteiger partial charge in [0.2, 0.25) is 0 Å². The summed E-state index contributed by atoms with van der Waals surface area (Å²) in [5.74, 6) is 2.31. The third kappa shape index (κ3) is 2.44. The summed E-state index contributed by atoms with van der Waals surface area (Å²) in [5.41, 5.74) is 1.71. The third-order valence-corrected chi connectivity index (χ3v) is 3.72. The third-order valence-electron chi connectivity index (χ3n) is 3.72. The Hall–Kier alpha value is -2.49. The van der Waals surface area contributed by atoms with Crippen LogP contribution in [0, 0.1) is 0 Å². The van der Waals surface area contributed by atoms with Crippen LogP contribution in [0.1, 0.15) is 17.0 Å². The van der Waals surface area contributed by atoms with Gasteiger partial charge in [0.15, 0.2) is 0 Å². The van der Waals surface area contributed by atoms with E-state index < -0.39 is 0 Å². The first-order chi connectivity index (χ1) is 10.2. The molecule has 0 aliphatic carbocycles. The molecule has 2 aromatic rings. The minimum atomic E-state index is -0.170. The van der Waals surface area contributed by atoms with Gasteiger partial charge in [-0.15, -0.1) is 0 Å². The molecule has 3 rings (SSSR count). The first-order valence-corrected chi connectivity index (χ1v) is 6.74. The molecule has 4 nitrogen and oxygen atoms in total. The molecule has 1 aliphatic rings. The van der Waals surface area contributed by atoms with E-state index in [0.717, 1.165) is 11.3 Å². The molecular formula is C17H17O4+. The van der Waals surface area contributed by atoms with Crippen LogP contribution in [0.15, 0.2) is 42.5 Å². The summed E-state index contributed by atoms with van der Waals surface area (Å²) in [6.07, 6.45) is 0. The van der Waals surface area contributed by atoms with Crippen LogP contribution in [0.2, 0.25) is 0 Å². The molecule has 1 unspecified atom stereocenters. The maximum absolute atomic E-state index is 10.5. The maximum Gasteiger partial charge on any atom is 0.338 e. The Morgan fingerprint density at radius 3 is 2.33 bits per heavy atom. The van der Waals surface area contributed by atoms with Crippen molar-refractivity contribution in [3.63, 3.8) is 0 Å². The van der Waals surface area contributed by atoms with Gasteiger partial charge in [-0.25, -0.2) is 0 Å². The number of carbonyl (C=O) groups excluding carboxylic acids is 1. The van der Waals surface area contributed by atoms with Gasteiger partial charge in [-0.05, 0) is 29.8 Å². The van der Waals surface area contributed by atoms with E-state index >= 15 is 0 Å². The fourth-order valence-corrected chi connectivity index (χ4v) is 2.49. The van der Waals surface area contributed by atoms with E-state index in [1.165, 1.54) is 0 Å². The maximum atomic E-state index is 10.5. The molecule has 1 heterocycles. The van der Waals surface area contributed by atoms with E-state index in [1.807, 2.05) is 36.4 Å². The molecule has 0 radical (unpaired) electrons. The van der Waals surface area contributed by atoms with Crippen molar-refractivity contribution < 1.29 is 19.0 Å². The molecule has 21 heavy (non-hydrogen) atoms. The first kappa shape index (κ1) is 13.5. The SMILES string of the molecule is COc1ccc(C2COc3cc(OC)ccc3C2=[OH+])cc1. The number of rotatable bonds is 3. The average Bonchev–Trinajstić information content (AvgIpc) is 2.55. The lowest BCUT2D eigenvalue weighted by molar-refractivity contribution is 0.294. The zero-order valence-electron chi connectivity index (χ0n) is 12.0. The fraction of sp³-hybridized carbons (Fsp3) is 0.235. The summed E-state index contributed by atoms with van der Waals surface area (Å²) in [6, 6.07) is 13.1. The summed E-state index contributed by atoms with van der Waals surface area (Å²) >= 11 is 0. The van der Waals surface area contributed by atoms with E-state index in [0.29, 0.717) is 29.5 Å². The molecule has 0 aromatic heterocycles. The van der Waals surface area contributed by atoms with Crippen molar-refractivity contribution in [1.82, 2.24) is 0 Å². The van der Waals surface area contributed by atoms with Crippen LogP contribution in [0.25, 0.3) is 0 Å². The highest BCUT2D eigenvalue weighted by Crippen LogP contribution is 2.34. The molecule has 0 amide bonds. The number of hydrogen-bond donors (Lipinski definition) is 0. The van der Waals surface area contributed by atoms with Gasteiger partial charge in [0, 0.05) is 6.07 Å². The number of ketones is 1. The number of benzene rings is 2. The van der Waals surface area contributed by atoms with Gasteiger partial charge in [0.1, 0.15) is 35.3 Å². The molecule has 2 aromatic carbocycles. The van der Waals surface area contributed by atoms with E-state index in [9.17, 15) is 4.79 Å². The quantitative estimate of drug-likeness (QED) is 0.815. The monoisotopic (exact) mass is 285 g/mol. The Morgan fingerprint density at radius 2 is 1.67 bits per heavy atom. The largest absolute Gasteiger partial charge is 0.497 e. The van der Waals surface area contributed by atoms with Gasteiger partial charge >= 0.3 is 5.78 Å². The molecule has 0 bridgehead atoms. The molecule has 108 valence electrons. The van der Waals surface area contributed by atoms with Crippen LogP contribution in [-0.2, 0) is 0 Å². The second-order valence-corrected chi connectivity index (χ2v) is 4.88. The van der Waals surface area contributed by atoms with Crippen LogP contribution in [0.5, 0.6) is 17.2 Å². The highest BCUT2D eigenvalue weighted by Gasteiger charge is 2.35. The topological polar surface area (TPSA) is 49.1 Å². The zero-order valence-corrected chi connectivity index (χ0v) is 12.0. The Labute approximate surface area is 123 Å². The van der Waals surface area contributed by atoms with Crippen LogP contribution in [0.3, 0.4) is 0 Å². The molecule has 1 atom stereocenters. The predicted octanol–water partition coefficient (Wildman–Crippen LogP) is 2.77. The summed E-state index contributed by atoms with van der Waals surface area (Å²) in [6.45, 7) is 0.401. The number of ether oxygens (including phenoxy) is 3. The minimum Gasteiger partial charge on any atom is -0.497 e. The lowest BCUT2D eigenvalue weighted by Crippen LogP contribution is -2.26. The van der Waals surface area contributed by atoms with E-state index in [-0.39, 0.29) is 5.92 Å². The molecule has 0 spiro atoms. The van der Waals surface area contributed by atoms with Gasteiger partial charge in [-0.3, -0.25) is 4.79 Å². The molecule has 1 N–H and O–H groups in total. The van der Waals surface area contributed by atoms with Crippen molar-refractivity contribution >= 4 is 5.78 Å². The summed E-state index contributed by atoms with van der Waals surface area (Å²) < 4.78 is 16.1. The lowest BCUT2D eigenvalue weighted by Gasteiger charge is -2.21. The fourth-order valence-electron chi connectivity index (χ4n) is 2.49. The van der Waals surface area contributed by atoms with Crippen LogP contribution >= 0.6 is 0 Å². The standard InChI is InChI=1S/C17H16O4/c1-19-12-5-3-11(4-6-12)15-10-21-16-9-13(20-2)7-8-14(16)17(15)18/h3-9,15H,10H2,1-2H3/p+1. The lowest BCUT2D eigenvalue weighted by atomic mass is 9.89. The number of fused-ring (bicyclic) bond motifs is 1. The van der Waals surface area contributed by atoms with Crippen molar-refractivity contribution in [2.24, 2.45) is 0 Å². The van der Waals surface area contributed by atoms with Crippen LogP contribution in [-0.4, -0.2) is 31.4 Å². The normalized spacial score (nSPS) is 16.9. The minimum absolute atomic E-state index is 0.170. The second-order valence-electron chi connectivity index (χ2n) is 4.88. The molecule has 0 fully saturated rings. The first-order valence-electron chi connectivity index (χ1n) is 6.74. The van der Waals surface area contributed by atoms with Crippen LogP contribution in [0.4, 0.5) is 0 Å². The van der Waals surface area contributed by atoms with E-state index in [2.05, 4.69) is 0 Å². The van der Waals surface area contributed by atoms with Gasteiger partial charge in [0.05, 0.1) is 14.2 Å². The smallest absolute Gasteiger partial charge is 0.338 e. The molecule has 1 aliphatic heterocycles.